The lowest BCUT2D eigenvalue weighted by Gasteiger charge is -2.29. The lowest BCUT2D eigenvalue weighted by atomic mass is 9.94. The summed E-state index contributed by atoms with van der Waals surface area (Å²) in [6.45, 7) is 4.33. The van der Waals surface area contributed by atoms with Crippen LogP contribution in [-0.4, -0.2) is 41.4 Å². The summed E-state index contributed by atoms with van der Waals surface area (Å²) < 4.78 is 7.55. The van der Waals surface area contributed by atoms with Crippen molar-refractivity contribution in [2.45, 2.75) is 30.8 Å². The number of amides is 1. The Labute approximate surface area is 233 Å². The predicted molar refractivity (Wildman–Crippen MR) is 157 cm³/mol. The molecule has 3 aromatic carbocycles. The van der Waals surface area contributed by atoms with Gasteiger partial charge in [0.25, 0.3) is 5.91 Å². The molecule has 9 heteroatoms. The molecule has 0 bridgehead atoms. The maximum atomic E-state index is 13.9. The molecule has 5 rings (SSSR count). The lowest BCUT2D eigenvalue weighted by molar-refractivity contribution is -0.113. The van der Waals surface area contributed by atoms with Crippen LogP contribution in [-0.2, 0) is 10.5 Å². The zero-order valence-electron chi connectivity index (χ0n) is 22.5. The normalized spacial score (nSPS) is 14.4. The molecule has 39 heavy (non-hydrogen) atoms. The summed E-state index contributed by atoms with van der Waals surface area (Å²) in [5.41, 5.74) is 5.12. The first kappa shape index (κ1) is 26.4. The number of para-hydroxylation sites is 2. The third-order valence-corrected chi connectivity index (χ3v) is 7.36. The van der Waals surface area contributed by atoms with Gasteiger partial charge in [-0.25, -0.2) is 4.68 Å². The second kappa shape index (κ2) is 11.7. The number of nitrogens with one attached hydrogen (secondary N) is 2. The summed E-state index contributed by atoms with van der Waals surface area (Å²) in [4.78, 5) is 20.7. The molecule has 2 heterocycles. The van der Waals surface area contributed by atoms with Gasteiger partial charge in [-0.15, -0.1) is 5.10 Å². The number of thioether (sulfide) groups is 1. The lowest BCUT2D eigenvalue weighted by Crippen LogP contribution is -2.31. The van der Waals surface area contributed by atoms with Gasteiger partial charge in [-0.3, -0.25) is 4.79 Å². The first-order valence-electron chi connectivity index (χ1n) is 12.9. The van der Waals surface area contributed by atoms with Gasteiger partial charge in [0, 0.05) is 31.2 Å². The maximum Gasteiger partial charge on any atom is 0.255 e. The van der Waals surface area contributed by atoms with Crippen LogP contribution in [0.25, 0.3) is 0 Å². The molecule has 2 N–H and O–H groups in total. The van der Waals surface area contributed by atoms with E-state index in [0.717, 1.165) is 22.7 Å². The molecule has 8 nitrogen and oxygen atoms in total. The number of allylic oxidation sites excluding steroid dienone is 1. The Kier molecular flexibility index (Phi) is 7.88. The van der Waals surface area contributed by atoms with Crippen molar-refractivity contribution >= 4 is 35.0 Å². The van der Waals surface area contributed by atoms with E-state index in [1.165, 1.54) is 5.56 Å². The van der Waals surface area contributed by atoms with Crippen molar-refractivity contribution in [3.8, 4) is 5.75 Å². The first-order valence-corrected chi connectivity index (χ1v) is 13.8. The van der Waals surface area contributed by atoms with Crippen LogP contribution in [0.2, 0.25) is 0 Å². The fourth-order valence-corrected chi connectivity index (χ4v) is 5.30. The highest BCUT2D eigenvalue weighted by molar-refractivity contribution is 7.98. The van der Waals surface area contributed by atoms with Gasteiger partial charge in [0.1, 0.15) is 11.8 Å². The smallest absolute Gasteiger partial charge is 0.255 e. The quantitative estimate of drug-likeness (QED) is 0.253. The number of carbonyl (C=O) groups is 1. The highest BCUT2D eigenvalue weighted by atomic mass is 32.2. The molecule has 1 aromatic heterocycles. The van der Waals surface area contributed by atoms with Crippen LogP contribution in [0.3, 0.4) is 0 Å². The molecule has 1 amide bonds. The number of hydrogen-bond donors (Lipinski definition) is 2. The minimum atomic E-state index is -0.463. The standard InChI is InChI=1S/C30H32N6O2S/c1-5-38-25-14-10-9-13-24(25)32-28(37)26-20(2)31-29-33-30(39-19-21-11-7-6-8-12-21)34-36(29)27(26)22-15-17-23(18-16-22)35(3)4/h6-18,27H,5,19H2,1-4H3,(H,32,37)(H,31,33,34). The molecule has 0 aliphatic carbocycles. The Bertz CT molecular complexity index is 1480. The van der Waals surface area contributed by atoms with Crippen molar-refractivity contribution in [3.05, 3.63) is 101 Å². The van der Waals surface area contributed by atoms with Crippen molar-refractivity contribution in [1.29, 1.82) is 0 Å². The molecular weight excluding hydrogens is 508 g/mol. The molecule has 0 fully saturated rings. The number of carbonyl (C=O) groups excluding carboxylic acids is 1. The van der Waals surface area contributed by atoms with Crippen molar-refractivity contribution in [2.75, 3.05) is 36.2 Å². The molecule has 0 spiro atoms. The van der Waals surface area contributed by atoms with Gasteiger partial charge in [0.2, 0.25) is 11.1 Å². The number of fused-ring (bicyclic) bond motifs is 1. The van der Waals surface area contributed by atoms with E-state index in [1.807, 2.05) is 104 Å². The average Bonchev–Trinajstić information content (AvgIpc) is 3.35. The van der Waals surface area contributed by atoms with Gasteiger partial charge < -0.3 is 20.3 Å². The molecule has 1 aliphatic heterocycles. The van der Waals surface area contributed by atoms with Crippen LogP contribution in [0, 0.1) is 0 Å². The van der Waals surface area contributed by atoms with E-state index in [1.54, 1.807) is 11.8 Å². The zero-order valence-corrected chi connectivity index (χ0v) is 23.3. The van der Waals surface area contributed by atoms with E-state index in [0.29, 0.717) is 34.7 Å². The fraction of sp³-hybridized carbons (Fsp3) is 0.233. The van der Waals surface area contributed by atoms with Crippen molar-refractivity contribution in [1.82, 2.24) is 14.8 Å². The van der Waals surface area contributed by atoms with Gasteiger partial charge in [-0.1, -0.05) is 66.4 Å². The molecule has 1 atom stereocenters. The Hall–Kier alpha value is -4.24. The summed E-state index contributed by atoms with van der Waals surface area (Å²) in [5.74, 6) is 1.76. The topological polar surface area (TPSA) is 84.3 Å². The van der Waals surface area contributed by atoms with Gasteiger partial charge >= 0.3 is 0 Å². The van der Waals surface area contributed by atoms with Crippen molar-refractivity contribution in [2.24, 2.45) is 0 Å². The van der Waals surface area contributed by atoms with E-state index < -0.39 is 6.04 Å². The molecule has 1 unspecified atom stereocenters. The molecule has 0 saturated carbocycles. The van der Waals surface area contributed by atoms with Crippen LogP contribution >= 0.6 is 11.8 Å². The van der Waals surface area contributed by atoms with Crippen LogP contribution < -0.4 is 20.3 Å². The van der Waals surface area contributed by atoms with E-state index >= 15 is 0 Å². The summed E-state index contributed by atoms with van der Waals surface area (Å²) in [6, 6.07) is 25.4. The highest BCUT2D eigenvalue weighted by Crippen LogP contribution is 2.38. The molecule has 200 valence electrons. The van der Waals surface area contributed by atoms with E-state index in [-0.39, 0.29) is 5.91 Å². The highest BCUT2D eigenvalue weighted by Gasteiger charge is 2.34. The SMILES string of the molecule is CCOc1ccccc1NC(=O)C1=C(C)Nc2nc(SCc3ccccc3)nn2C1c1ccc(N(C)C)cc1. The van der Waals surface area contributed by atoms with Crippen LogP contribution in [0.1, 0.15) is 31.0 Å². The van der Waals surface area contributed by atoms with Gasteiger partial charge in [-0.2, -0.15) is 4.98 Å². The van der Waals surface area contributed by atoms with Crippen molar-refractivity contribution in [3.63, 3.8) is 0 Å². The Morgan fingerprint density at radius 2 is 1.77 bits per heavy atom. The largest absolute Gasteiger partial charge is 0.492 e. The van der Waals surface area contributed by atoms with Crippen LogP contribution in [0.4, 0.5) is 17.3 Å². The number of ether oxygens (including phenoxy) is 1. The second-order valence-electron chi connectivity index (χ2n) is 9.37. The minimum absolute atomic E-state index is 0.228. The number of benzene rings is 3. The monoisotopic (exact) mass is 540 g/mol. The summed E-state index contributed by atoms with van der Waals surface area (Å²) >= 11 is 1.57. The van der Waals surface area contributed by atoms with Crippen LogP contribution in [0.15, 0.2) is 95.3 Å². The first-order chi connectivity index (χ1) is 18.9. The van der Waals surface area contributed by atoms with Gasteiger partial charge in [0.05, 0.1) is 17.9 Å². The van der Waals surface area contributed by atoms with E-state index in [2.05, 4.69) is 22.8 Å². The Morgan fingerprint density at radius 3 is 2.49 bits per heavy atom. The van der Waals surface area contributed by atoms with Gasteiger partial charge in [0.15, 0.2) is 0 Å². The number of hydrogen-bond acceptors (Lipinski definition) is 7. The summed E-state index contributed by atoms with van der Waals surface area (Å²) in [7, 11) is 4.01. The van der Waals surface area contributed by atoms with Gasteiger partial charge in [-0.05, 0) is 49.2 Å². The Morgan fingerprint density at radius 1 is 1.05 bits per heavy atom. The van der Waals surface area contributed by atoms with E-state index in [9.17, 15) is 4.79 Å². The number of nitrogens with zero attached hydrogens (tertiary/aromatic N) is 4. The molecule has 0 saturated heterocycles. The third kappa shape index (κ3) is 5.78. The fourth-order valence-electron chi connectivity index (χ4n) is 4.51. The number of anilines is 3. The minimum Gasteiger partial charge on any atom is -0.492 e. The molecule has 0 radical (unpaired) electrons. The third-order valence-electron chi connectivity index (χ3n) is 6.45. The summed E-state index contributed by atoms with van der Waals surface area (Å²) in [5, 5.41) is 11.9. The average molecular weight is 541 g/mol. The molecular formula is C30H32N6O2S. The molecule has 4 aromatic rings. The van der Waals surface area contributed by atoms with E-state index in [4.69, 9.17) is 14.8 Å². The zero-order chi connectivity index (χ0) is 27.4. The Balaban J connectivity index is 1.50. The maximum absolute atomic E-state index is 13.9. The summed E-state index contributed by atoms with van der Waals surface area (Å²) in [6.07, 6.45) is 0. The van der Waals surface area contributed by atoms with Crippen LogP contribution in [0.5, 0.6) is 5.75 Å². The predicted octanol–water partition coefficient (Wildman–Crippen LogP) is 5.96. The number of rotatable bonds is 9. The number of aromatic nitrogens is 3. The molecule has 1 aliphatic rings. The second-order valence-corrected chi connectivity index (χ2v) is 10.3. The van der Waals surface area contributed by atoms with Crippen molar-refractivity contribution < 1.29 is 9.53 Å².